The van der Waals surface area contributed by atoms with Gasteiger partial charge in [0.1, 0.15) is 5.82 Å². The minimum Gasteiger partial charge on any atom is -0.490 e. The molecular weight excluding hydrogens is 445 g/mol. The van der Waals surface area contributed by atoms with E-state index < -0.39 is 11.6 Å². The molecule has 0 N–H and O–H groups in total. The van der Waals surface area contributed by atoms with Crippen LogP contribution in [0.2, 0.25) is 0 Å². The maximum Gasteiger partial charge on any atom is 0.201 e. The van der Waals surface area contributed by atoms with Gasteiger partial charge in [-0.05, 0) is 84.4 Å². The zero-order chi connectivity index (χ0) is 24.8. The Labute approximate surface area is 207 Å². The number of unbranched alkanes of at least 4 members (excludes halogenated alkanes) is 1. The average molecular weight is 481 g/mol. The van der Waals surface area contributed by atoms with E-state index in [0.717, 1.165) is 48.3 Å². The van der Waals surface area contributed by atoms with Crippen LogP contribution < -0.4 is 4.74 Å². The monoisotopic (exact) mass is 480 g/mol. The topological polar surface area (TPSA) is 9.23 Å². The summed E-state index contributed by atoms with van der Waals surface area (Å²) in [5.74, 6) is -1.02. The molecule has 0 heterocycles. The summed E-state index contributed by atoms with van der Waals surface area (Å²) < 4.78 is 49.6. The van der Waals surface area contributed by atoms with Gasteiger partial charge in [0.05, 0.1) is 6.61 Å². The Morgan fingerprint density at radius 2 is 1.43 bits per heavy atom. The molecule has 1 nitrogen and oxygen atoms in total. The Balaban J connectivity index is 1.47. The highest BCUT2D eigenvalue weighted by molar-refractivity contribution is 5.71. The van der Waals surface area contributed by atoms with Crippen molar-refractivity contribution in [3.05, 3.63) is 77.6 Å². The predicted octanol–water partition coefficient (Wildman–Crippen LogP) is 9.69. The fraction of sp³-hybridized carbons (Fsp3) is 0.419. The van der Waals surface area contributed by atoms with Gasteiger partial charge in [0.2, 0.25) is 5.82 Å². The first-order chi connectivity index (χ1) is 17.0. The Morgan fingerprint density at radius 3 is 2.09 bits per heavy atom. The van der Waals surface area contributed by atoms with E-state index in [1.54, 1.807) is 24.3 Å². The molecule has 1 aliphatic carbocycles. The summed E-state index contributed by atoms with van der Waals surface area (Å²) in [6, 6.07) is 15.6. The van der Waals surface area contributed by atoms with Crippen molar-refractivity contribution < 1.29 is 17.9 Å². The molecule has 0 bridgehead atoms. The fourth-order valence-electron chi connectivity index (χ4n) is 5.24. The first-order valence-corrected chi connectivity index (χ1v) is 13.0. The quantitative estimate of drug-likeness (QED) is 0.277. The molecule has 0 aromatic heterocycles. The van der Waals surface area contributed by atoms with E-state index in [9.17, 15) is 8.78 Å². The Kier molecular flexibility index (Phi) is 8.54. The lowest BCUT2D eigenvalue weighted by atomic mass is 9.77. The summed E-state index contributed by atoms with van der Waals surface area (Å²) in [5, 5.41) is 0. The van der Waals surface area contributed by atoms with Gasteiger partial charge in [-0.3, -0.25) is 0 Å². The molecule has 0 saturated heterocycles. The van der Waals surface area contributed by atoms with Crippen LogP contribution in [0.15, 0.2) is 54.6 Å². The minimum atomic E-state index is -0.968. The van der Waals surface area contributed by atoms with Crippen LogP contribution >= 0.6 is 0 Å². The van der Waals surface area contributed by atoms with Gasteiger partial charge in [-0.15, -0.1) is 0 Å². The number of benzene rings is 3. The summed E-state index contributed by atoms with van der Waals surface area (Å²) >= 11 is 0. The molecule has 186 valence electrons. The van der Waals surface area contributed by atoms with Gasteiger partial charge in [0.15, 0.2) is 11.6 Å². The normalized spacial score (nSPS) is 18.0. The second-order valence-corrected chi connectivity index (χ2v) is 9.76. The molecule has 3 aromatic carbocycles. The summed E-state index contributed by atoms with van der Waals surface area (Å²) in [5.41, 5.74) is 3.18. The molecule has 1 fully saturated rings. The lowest BCUT2D eigenvalue weighted by Gasteiger charge is -2.29. The van der Waals surface area contributed by atoms with Crippen molar-refractivity contribution in [3.8, 4) is 28.0 Å². The van der Waals surface area contributed by atoms with Crippen LogP contribution in [0.1, 0.15) is 76.7 Å². The highest BCUT2D eigenvalue weighted by Crippen LogP contribution is 2.39. The van der Waals surface area contributed by atoms with Crippen LogP contribution in [0.25, 0.3) is 22.3 Å². The second-order valence-electron chi connectivity index (χ2n) is 9.76. The van der Waals surface area contributed by atoms with E-state index in [1.165, 1.54) is 31.7 Å². The number of hydrogen-bond acceptors (Lipinski definition) is 1. The Morgan fingerprint density at radius 1 is 0.743 bits per heavy atom. The smallest absolute Gasteiger partial charge is 0.201 e. The van der Waals surface area contributed by atoms with E-state index >= 15 is 4.39 Å². The second kappa shape index (κ2) is 11.8. The predicted molar refractivity (Wildman–Crippen MR) is 137 cm³/mol. The van der Waals surface area contributed by atoms with Crippen molar-refractivity contribution in [1.82, 2.24) is 0 Å². The van der Waals surface area contributed by atoms with Crippen molar-refractivity contribution >= 4 is 0 Å². The minimum absolute atomic E-state index is 0.0641. The third-order valence-electron chi connectivity index (χ3n) is 7.32. The Hall–Kier alpha value is -2.75. The Bertz CT molecular complexity index is 1110. The SMILES string of the molecule is CCCCOc1ccc(-c2ccc(-c3ccc(C4CCC(CCC)CC4)c(F)c3)cc2)c(F)c1F. The van der Waals surface area contributed by atoms with Crippen LogP contribution in [-0.2, 0) is 0 Å². The van der Waals surface area contributed by atoms with Gasteiger partial charge in [0, 0.05) is 5.56 Å². The molecule has 0 aliphatic heterocycles. The molecule has 35 heavy (non-hydrogen) atoms. The highest BCUT2D eigenvalue weighted by Gasteiger charge is 2.24. The molecule has 0 unspecified atom stereocenters. The van der Waals surface area contributed by atoms with Gasteiger partial charge in [-0.1, -0.05) is 69.5 Å². The maximum atomic E-state index is 15.1. The molecule has 0 spiro atoms. The maximum absolute atomic E-state index is 15.1. The van der Waals surface area contributed by atoms with Gasteiger partial charge in [-0.2, -0.15) is 4.39 Å². The van der Waals surface area contributed by atoms with E-state index in [-0.39, 0.29) is 17.1 Å². The molecule has 0 amide bonds. The third-order valence-corrected chi connectivity index (χ3v) is 7.32. The van der Waals surface area contributed by atoms with Crippen molar-refractivity contribution in [3.63, 3.8) is 0 Å². The first-order valence-electron chi connectivity index (χ1n) is 13.0. The van der Waals surface area contributed by atoms with Crippen molar-refractivity contribution in [2.45, 2.75) is 71.1 Å². The molecule has 4 heteroatoms. The molecule has 4 rings (SSSR count). The van der Waals surface area contributed by atoms with Crippen LogP contribution in [0.5, 0.6) is 5.75 Å². The summed E-state index contributed by atoms with van der Waals surface area (Å²) in [7, 11) is 0. The van der Waals surface area contributed by atoms with Crippen molar-refractivity contribution in [2.75, 3.05) is 6.61 Å². The van der Waals surface area contributed by atoms with Gasteiger partial charge in [-0.25, -0.2) is 8.78 Å². The zero-order valence-corrected chi connectivity index (χ0v) is 20.8. The van der Waals surface area contributed by atoms with E-state index in [0.29, 0.717) is 18.1 Å². The standard InChI is InChI=1S/C31H35F3O/c1-3-5-19-35-29-18-17-27(30(33)31(29)34)24-13-11-22(12-14-24)25-15-16-26(28(32)20-25)23-9-7-21(6-4-2)8-10-23/h11-18,20-21,23H,3-10,19H2,1-2H3. The number of halogens is 3. The lowest BCUT2D eigenvalue weighted by molar-refractivity contribution is 0.289. The van der Waals surface area contributed by atoms with Crippen molar-refractivity contribution in [2.24, 2.45) is 5.92 Å². The van der Waals surface area contributed by atoms with E-state index in [2.05, 4.69) is 6.92 Å². The lowest BCUT2D eigenvalue weighted by Crippen LogP contribution is -2.14. The molecule has 1 saturated carbocycles. The molecule has 0 radical (unpaired) electrons. The van der Waals surface area contributed by atoms with Gasteiger partial charge >= 0.3 is 0 Å². The summed E-state index contributed by atoms with van der Waals surface area (Å²) in [6.07, 6.45) is 8.68. The first kappa shape index (κ1) is 25.3. The fourth-order valence-corrected chi connectivity index (χ4v) is 5.24. The van der Waals surface area contributed by atoms with Crippen LogP contribution in [0, 0.1) is 23.4 Å². The average Bonchev–Trinajstić information content (AvgIpc) is 2.88. The highest BCUT2D eigenvalue weighted by atomic mass is 19.2. The van der Waals surface area contributed by atoms with Crippen LogP contribution in [0.4, 0.5) is 13.2 Å². The van der Waals surface area contributed by atoms with Gasteiger partial charge < -0.3 is 4.74 Å². The van der Waals surface area contributed by atoms with E-state index in [1.807, 2.05) is 31.2 Å². The zero-order valence-electron chi connectivity index (χ0n) is 20.8. The summed E-state index contributed by atoms with van der Waals surface area (Å²) in [6.45, 7) is 4.59. The molecule has 3 aromatic rings. The number of rotatable bonds is 9. The van der Waals surface area contributed by atoms with E-state index in [4.69, 9.17) is 4.74 Å². The van der Waals surface area contributed by atoms with Crippen molar-refractivity contribution in [1.29, 1.82) is 0 Å². The summed E-state index contributed by atoms with van der Waals surface area (Å²) in [4.78, 5) is 0. The molecule has 0 atom stereocenters. The van der Waals surface area contributed by atoms with Gasteiger partial charge in [0.25, 0.3) is 0 Å². The molecule has 1 aliphatic rings. The number of hydrogen-bond donors (Lipinski definition) is 0. The largest absolute Gasteiger partial charge is 0.490 e. The number of ether oxygens (including phenoxy) is 1. The molecular formula is C31H35F3O. The van der Waals surface area contributed by atoms with Crippen LogP contribution in [-0.4, -0.2) is 6.61 Å². The van der Waals surface area contributed by atoms with Crippen LogP contribution in [0.3, 0.4) is 0 Å². The third kappa shape index (κ3) is 5.91.